The third-order valence-electron chi connectivity index (χ3n) is 3.62. The van der Waals surface area contributed by atoms with Gasteiger partial charge in [0.1, 0.15) is 5.75 Å². The van der Waals surface area contributed by atoms with Crippen LogP contribution in [-0.2, 0) is 9.59 Å². The molecule has 0 saturated heterocycles. The Kier molecular flexibility index (Phi) is 8.38. The number of carbonyl (C=O) groups excluding carboxylic acids is 3. The van der Waals surface area contributed by atoms with Gasteiger partial charge in [0.15, 0.2) is 5.11 Å². The topological polar surface area (TPSA) is 109 Å². The summed E-state index contributed by atoms with van der Waals surface area (Å²) < 4.78 is 5.11. The van der Waals surface area contributed by atoms with Gasteiger partial charge in [0.25, 0.3) is 5.91 Å². The molecule has 0 fully saturated rings. The van der Waals surface area contributed by atoms with E-state index in [0.717, 1.165) is 0 Å². The van der Waals surface area contributed by atoms with Gasteiger partial charge in [0.2, 0.25) is 11.8 Å². The number of anilines is 1. The molecule has 0 spiro atoms. The minimum atomic E-state index is -0.492. The Bertz CT molecular complexity index is 923. The molecule has 152 valence electrons. The number of para-hydroxylation sites is 2. The smallest absolute Gasteiger partial charge is 0.261 e. The summed E-state index contributed by atoms with van der Waals surface area (Å²) in [5, 5.41) is 5.35. The summed E-state index contributed by atoms with van der Waals surface area (Å²) in [6.07, 6.45) is -0.147. The molecule has 0 atom stereocenters. The normalized spacial score (nSPS) is 9.86. The van der Waals surface area contributed by atoms with Crippen molar-refractivity contribution in [2.24, 2.45) is 0 Å². The molecule has 2 rings (SSSR count). The van der Waals surface area contributed by atoms with Crippen LogP contribution in [0.3, 0.4) is 0 Å². The quantitative estimate of drug-likeness (QED) is 0.410. The third-order valence-corrected chi connectivity index (χ3v) is 4.15. The van der Waals surface area contributed by atoms with E-state index < -0.39 is 11.8 Å². The standard InChI is InChI=1S/C19H19ClN4O4S/c1-28-15-9-5-2-6-12(15)18(27)22-19(29)24-23-17(26)11-10-16(25)21-14-8-4-3-7-13(14)20/h2-9H,10-11H2,1H3,(H,21,25)(H,23,26)(H2,22,24,27,29). The first-order valence-electron chi connectivity index (χ1n) is 8.48. The Labute approximate surface area is 177 Å². The molecule has 0 unspecified atom stereocenters. The molecule has 29 heavy (non-hydrogen) atoms. The van der Waals surface area contributed by atoms with E-state index >= 15 is 0 Å². The Balaban J connectivity index is 1.73. The summed E-state index contributed by atoms with van der Waals surface area (Å²) in [6.45, 7) is 0. The fourth-order valence-corrected chi connectivity index (χ4v) is 2.55. The molecule has 0 saturated carbocycles. The van der Waals surface area contributed by atoms with Gasteiger partial charge in [-0.15, -0.1) is 0 Å². The van der Waals surface area contributed by atoms with Gasteiger partial charge >= 0.3 is 0 Å². The van der Waals surface area contributed by atoms with E-state index in [2.05, 4.69) is 21.5 Å². The highest BCUT2D eigenvalue weighted by Crippen LogP contribution is 2.20. The zero-order chi connectivity index (χ0) is 21.2. The van der Waals surface area contributed by atoms with Gasteiger partial charge in [-0.25, -0.2) is 0 Å². The SMILES string of the molecule is COc1ccccc1C(=O)NC(=S)NNC(=O)CCC(=O)Nc1ccccc1Cl. The highest BCUT2D eigenvalue weighted by atomic mass is 35.5. The fourth-order valence-electron chi connectivity index (χ4n) is 2.23. The Morgan fingerprint density at radius 1 is 0.966 bits per heavy atom. The number of rotatable bonds is 6. The van der Waals surface area contributed by atoms with E-state index in [1.807, 2.05) is 0 Å². The molecule has 0 heterocycles. The lowest BCUT2D eigenvalue weighted by Crippen LogP contribution is -2.48. The number of methoxy groups -OCH3 is 1. The fraction of sp³-hybridized carbons (Fsp3) is 0.158. The highest BCUT2D eigenvalue weighted by Gasteiger charge is 2.13. The number of hydrazine groups is 1. The van der Waals surface area contributed by atoms with Crippen molar-refractivity contribution in [1.82, 2.24) is 16.2 Å². The van der Waals surface area contributed by atoms with E-state index in [1.54, 1.807) is 48.5 Å². The van der Waals surface area contributed by atoms with Gasteiger partial charge in [0, 0.05) is 12.8 Å². The van der Waals surface area contributed by atoms with Crippen LogP contribution in [0.4, 0.5) is 5.69 Å². The van der Waals surface area contributed by atoms with Crippen molar-refractivity contribution in [2.75, 3.05) is 12.4 Å². The van der Waals surface area contributed by atoms with Crippen molar-refractivity contribution in [2.45, 2.75) is 12.8 Å². The summed E-state index contributed by atoms with van der Waals surface area (Å²) >= 11 is 10.9. The monoisotopic (exact) mass is 434 g/mol. The molecule has 0 bridgehead atoms. The molecule has 2 aromatic carbocycles. The van der Waals surface area contributed by atoms with Crippen LogP contribution in [-0.4, -0.2) is 29.9 Å². The summed E-state index contributed by atoms with van der Waals surface area (Å²) in [4.78, 5) is 36.0. The summed E-state index contributed by atoms with van der Waals surface area (Å²) in [5.41, 5.74) is 5.49. The maximum absolute atomic E-state index is 12.2. The predicted octanol–water partition coefficient (Wildman–Crippen LogP) is 2.40. The number of hydrogen-bond acceptors (Lipinski definition) is 5. The molecule has 8 nitrogen and oxygen atoms in total. The molecule has 0 aromatic heterocycles. The van der Waals surface area contributed by atoms with Crippen LogP contribution < -0.4 is 26.2 Å². The minimum Gasteiger partial charge on any atom is -0.496 e. The molecule has 10 heteroatoms. The van der Waals surface area contributed by atoms with E-state index in [4.69, 9.17) is 28.6 Å². The minimum absolute atomic E-state index is 0.0565. The number of benzene rings is 2. The van der Waals surface area contributed by atoms with Crippen LogP contribution in [0.5, 0.6) is 5.75 Å². The molecular weight excluding hydrogens is 416 g/mol. The van der Waals surface area contributed by atoms with E-state index in [0.29, 0.717) is 22.0 Å². The molecule has 0 radical (unpaired) electrons. The molecule has 0 aliphatic heterocycles. The number of amides is 3. The molecule has 0 aliphatic rings. The number of thiocarbonyl (C=S) groups is 1. The number of halogens is 1. The number of hydrogen-bond donors (Lipinski definition) is 4. The maximum atomic E-state index is 12.2. The van der Waals surface area contributed by atoms with E-state index in [1.165, 1.54) is 7.11 Å². The summed E-state index contributed by atoms with van der Waals surface area (Å²) in [6, 6.07) is 13.4. The van der Waals surface area contributed by atoms with Crippen LogP contribution in [0.15, 0.2) is 48.5 Å². The van der Waals surface area contributed by atoms with Crippen LogP contribution in [0, 0.1) is 0 Å². The predicted molar refractivity (Wildman–Crippen MR) is 114 cm³/mol. The zero-order valence-corrected chi connectivity index (χ0v) is 17.0. The average molecular weight is 435 g/mol. The third kappa shape index (κ3) is 7.05. The van der Waals surface area contributed by atoms with Gasteiger partial charge in [-0.2, -0.15) is 0 Å². The number of nitrogens with one attached hydrogen (secondary N) is 4. The second-order valence-corrected chi connectivity index (χ2v) is 6.50. The average Bonchev–Trinajstić information content (AvgIpc) is 2.72. The maximum Gasteiger partial charge on any atom is 0.261 e. The van der Waals surface area contributed by atoms with Gasteiger partial charge < -0.3 is 10.1 Å². The van der Waals surface area contributed by atoms with Crippen LogP contribution >= 0.6 is 23.8 Å². The van der Waals surface area contributed by atoms with Crippen LogP contribution in [0.25, 0.3) is 0 Å². The van der Waals surface area contributed by atoms with Crippen LogP contribution in [0.2, 0.25) is 5.02 Å². The lowest BCUT2D eigenvalue weighted by molar-refractivity contribution is -0.124. The van der Waals surface area contributed by atoms with Gasteiger partial charge in [0.05, 0.1) is 23.4 Å². The van der Waals surface area contributed by atoms with Crippen molar-refractivity contribution in [3.63, 3.8) is 0 Å². The van der Waals surface area contributed by atoms with Crippen molar-refractivity contribution >= 4 is 52.3 Å². The molecule has 0 aliphatic carbocycles. The first-order chi connectivity index (χ1) is 13.9. The lowest BCUT2D eigenvalue weighted by atomic mass is 10.2. The Hall–Kier alpha value is -3.17. The second-order valence-electron chi connectivity index (χ2n) is 5.68. The van der Waals surface area contributed by atoms with Gasteiger partial charge in [-0.3, -0.25) is 30.6 Å². The molecular formula is C19H19ClN4O4S. The van der Waals surface area contributed by atoms with Crippen molar-refractivity contribution < 1.29 is 19.1 Å². The van der Waals surface area contributed by atoms with Gasteiger partial charge in [-0.1, -0.05) is 35.9 Å². The highest BCUT2D eigenvalue weighted by molar-refractivity contribution is 7.80. The second kappa shape index (κ2) is 11.0. The molecule has 4 N–H and O–H groups in total. The van der Waals surface area contributed by atoms with Crippen molar-refractivity contribution in [1.29, 1.82) is 0 Å². The zero-order valence-electron chi connectivity index (χ0n) is 15.5. The summed E-state index contributed by atoms with van der Waals surface area (Å²) in [7, 11) is 1.45. The molecule has 3 amide bonds. The first-order valence-corrected chi connectivity index (χ1v) is 9.27. The summed E-state index contributed by atoms with van der Waals surface area (Å²) in [5.74, 6) is -0.941. The molecule has 2 aromatic rings. The van der Waals surface area contributed by atoms with E-state index in [9.17, 15) is 14.4 Å². The number of ether oxygens (including phenoxy) is 1. The number of carbonyl (C=O) groups is 3. The largest absolute Gasteiger partial charge is 0.496 e. The van der Waals surface area contributed by atoms with Crippen LogP contribution in [0.1, 0.15) is 23.2 Å². The lowest BCUT2D eigenvalue weighted by Gasteiger charge is -2.12. The first kappa shape index (κ1) is 22.1. The van der Waals surface area contributed by atoms with Crippen molar-refractivity contribution in [3.05, 3.63) is 59.1 Å². The van der Waals surface area contributed by atoms with Gasteiger partial charge in [-0.05, 0) is 36.5 Å². The Morgan fingerprint density at radius 3 is 2.34 bits per heavy atom. The Morgan fingerprint density at radius 2 is 1.62 bits per heavy atom. The van der Waals surface area contributed by atoms with Crippen molar-refractivity contribution in [3.8, 4) is 5.75 Å². The van der Waals surface area contributed by atoms with E-state index in [-0.39, 0.29) is 23.9 Å².